The first-order chi connectivity index (χ1) is 10.1. The van der Waals surface area contributed by atoms with Crippen LogP contribution in [0.4, 0.5) is 0 Å². The predicted octanol–water partition coefficient (Wildman–Crippen LogP) is 6.18. The second-order valence-electron chi connectivity index (χ2n) is 7.86. The van der Waals surface area contributed by atoms with E-state index in [0.29, 0.717) is 0 Å². The zero-order chi connectivity index (χ0) is 15.5. The molecule has 1 nitrogen and oxygen atoms in total. The van der Waals surface area contributed by atoms with Crippen LogP contribution in [0.25, 0.3) is 0 Å². The van der Waals surface area contributed by atoms with Crippen molar-refractivity contribution < 1.29 is 0 Å². The van der Waals surface area contributed by atoms with Gasteiger partial charge in [-0.2, -0.15) is 0 Å². The van der Waals surface area contributed by atoms with E-state index in [-0.39, 0.29) is 0 Å². The van der Waals surface area contributed by atoms with Crippen LogP contribution in [0.3, 0.4) is 0 Å². The van der Waals surface area contributed by atoms with Crippen molar-refractivity contribution >= 4 is 0 Å². The quantitative estimate of drug-likeness (QED) is 0.449. The van der Waals surface area contributed by atoms with E-state index in [2.05, 4.69) is 33.0 Å². The highest BCUT2D eigenvalue weighted by Crippen LogP contribution is 2.33. The highest BCUT2D eigenvalue weighted by Gasteiger charge is 2.29. The molecule has 1 heteroatoms. The van der Waals surface area contributed by atoms with Gasteiger partial charge in [-0.1, -0.05) is 79.1 Å². The molecule has 1 aliphatic rings. The zero-order valence-corrected chi connectivity index (χ0v) is 15.3. The SMILES string of the molecule is CCCCCCCCCCNC1CC(C)CCC1C(C)C. The van der Waals surface area contributed by atoms with E-state index < -0.39 is 0 Å². The molecular weight excluding hydrogens is 254 g/mol. The summed E-state index contributed by atoms with van der Waals surface area (Å²) < 4.78 is 0. The van der Waals surface area contributed by atoms with Crippen molar-refractivity contribution in [1.29, 1.82) is 0 Å². The van der Waals surface area contributed by atoms with Crippen molar-refractivity contribution in [3.63, 3.8) is 0 Å². The Labute approximate surface area is 134 Å². The first kappa shape index (κ1) is 19.0. The average molecular weight is 296 g/mol. The molecule has 1 rings (SSSR count). The third-order valence-corrected chi connectivity index (χ3v) is 5.46. The average Bonchev–Trinajstić information content (AvgIpc) is 2.45. The fourth-order valence-electron chi connectivity index (χ4n) is 3.98. The Bertz CT molecular complexity index is 236. The van der Waals surface area contributed by atoms with Gasteiger partial charge in [-0.05, 0) is 43.6 Å². The smallest absolute Gasteiger partial charge is 0.0100 e. The Morgan fingerprint density at radius 2 is 1.52 bits per heavy atom. The van der Waals surface area contributed by atoms with E-state index in [9.17, 15) is 0 Å². The summed E-state index contributed by atoms with van der Waals surface area (Å²) in [5.41, 5.74) is 0. The number of hydrogen-bond acceptors (Lipinski definition) is 1. The molecule has 0 aromatic heterocycles. The van der Waals surface area contributed by atoms with Crippen molar-refractivity contribution in [1.82, 2.24) is 5.32 Å². The van der Waals surface area contributed by atoms with Gasteiger partial charge in [0.1, 0.15) is 0 Å². The van der Waals surface area contributed by atoms with Crippen LogP contribution < -0.4 is 5.32 Å². The third kappa shape index (κ3) is 8.24. The highest BCUT2D eigenvalue weighted by atomic mass is 14.9. The van der Waals surface area contributed by atoms with Crippen LogP contribution >= 0.6 is 0 Å². The summed E-state index contributed by atoms with van der Waals surface area (Å²) in [4.78, 5) is 0. The van der Waals surface area contributed by atoms with Gasteiger partial charge in [0.2, 0.25) is 0 Å². The molecule has 1 aliphatic carbocycles. The highest BCUT2D eigenvalue weighted by molar-refractivity contribution is 4.85. The molecule has 0 aromatic rings. The largest absolute Gasteiger partial charge is 0.314 e. The Kier molecular flexibility index (Phi) is 10.4. The summed E-state index contributed by atoms with van der Waals surface area (Å²) in [5, 5.41) is 3.89. The van der Waals surface area contributed by atoms with Gasteiger partial charge in [-0.3, -0.25) is 0 Å². The lowest BCUT2D eigenvalue weighted by Gasteiger charge is -2.38. The van der Waals surface area contributed by atoms with Gasteiger partial charge < -0.3 is 5.32 Å². The second-order valence-corrected chi connectivity index (χ2v) is 7.86. The van der Waals surface area contributed by atoms with E-state index in [1.165, 1.54) is 77.2 Å². The lowest BCUT2D eigenvalue weighted by molar-refractivity contribution is 0.170. The maximum Gasteiger partial charge on any atom is 0.0100 e. The Hall–Kier alpha value is -0.0400. The molecule has 0 aliphatic heterocycles. The van der Waals surface area contributed by atoms with Gasteiger partial charge in [0.15, 0.2) is 0 Å². The van der Waals surface area contributed by atoms with Gasteiger partial charge >= 0.3 is 0 Å². The number of hydrogen-bond donors (Lipinski definition) is 1. The molecule has 1 fully saturated rings. The normalized spacial score (nSPS) is 26.4. The molecule has 0 bridgehead atoms. The molecule has 0 radical (unpaired) electrons. The van der Waals surface area contributed by atoms with E-state index in [4.69, 9.17) is 0 Å². The van der Waals surface area contributed by atoms with E-state index in [1.54, 1.807) is 0 Å². The number of unbranched alkanes of at least 4 members (excludes halogenated alkanes) is 7. The molecule has 3 unspecified atom stereocenters. The molecule has 0 amide bonds. The van der Waals surface area contributed by atoms with Gasteiger partial charge in [0.05, 0.1) is 0 Å². The molecule has 0 spiro atoms. The molecule has 1 N–H and O–H groups in total. The molecule has 3 atom stereocenters. The monoisotopic (exact) mass is 295 g/mol. The van der Waals surface area contributed by atoms with E-state index in [0.717, 1.165) is 23.8 Å². The van der Waals surface area contributed by atoms with Crippen molar-refractivity contribution in [3.05, 3.63) is 0 Å². The Balaban J connectivity index is 2.04. The van der Waals surface area contributed by atoms with Crippen molar-refractivity contribution in [2.75, 3.05) is 6.54 Å². The zero-order valence-electron chi connectivity index (χ0n) is 15.3. The van der Waals surface area contributed by atoms with Crippen LogP contribution in [0.15, 0.2) is 0 Å². The Morgan fingerprint density at radius 3 is 2.14 bits per heavy atom. The standard InChI is InChI=1S/C20H41N/c1-5-6-7-8-9-10-11-12-15-21-20-16-18(4)13-14-19(20)17(2)3/h17-21H,5-16H2,1-4H3. The summed E-state index contributed by atoms with van der Waals surface area (Å²) in [7, 11) is 0. The molecule has 21 heavy (non-hydrogen) atoms. The first-order valence-corrected chi connectivity index (χ1v) is 9.88. The minimum absolute atomic E-state index is 0.790. The van der Waals surface area contributed by atoms with E-state index in [1.807, 2.05) is 0 Å². The first-order valence-electron chi connectivity index (χ1n) is 9.88. The van der Waals surface area contributed by atoms with Crippen molar-refractivity contribution in [2.24, 2.45) is 17.8 Å². The minimum atomic E-state index is 0.790. The third-order valence-electron chi connectivity index (χ3n) is 5.46. The summed E-state index contributed by atoms with van der Waals surface area (Å²) in [6.07, 6.45) is 15.7. The molecule has 126 valence electrons. The molecule has 1 saturated carbocycles. The summed E-state index contributed by atoms with van der Waals surface area (Å²) in [6, 6.07) is 0.790. The van der Waals surface area contributed by atoms with Gasteiger partial charge in [-0.15, -0.1) is 0 Å². The summed E-state index contributed by atoms with van der Waals surface area (Å²) >= 11 is 0. The number of nitrogens with one attached hydrogen (secondary N) is 1. The topological polar surface area (TPSA) is 12.0 Å². The van der Waals surface area contributed by atoms with Crippen LogP contribution in [0.1, 0.15) is 98.3 Å². The Morgan fingerprint density at radius 1 is 0.905 bits per heavy atom. The fourth-order valence-corrected chi connectivity index (χ4v) is 3.98. The maximum absolute atomic E-state index is 3.89. The second kappa shape index (κ2) is 11.5. The van der Waals surface area contributed by atoms with Crippen LogP contribution in [-0.4, -0.2) is 12.6 Å². The van der Waals surface area contributed by atoms with Crippen molar-refractivity contribution in [2.45, 2.75) is 104 Å². The lowest BCUT2D eigenvalue weighted by Crippen LogP contribution is -2.43. The van der Waals surface area contributed by atoms with Crippen LogP contribution in [0, 0.1) is 17.8 Å². The molecule has 0 saturated heterocycles. The van der Waals surface area contributed by atoms with E-state index >= 15 is 0 Å². The molecular formula is C20H41N. The van der Waals surface area contributed by atoms with Crippen LogP contribution in [-0.2, 0) is 0 Å². The van der Waals surface area contributed by atoms with Crippen LogP contribution in [0.5, 0.6) is 0 Å². The molecule has 0 heterocycles. The van der Waals surface area contributed by atoms with Gasteiger partial charge in [-0.25, -0.2) is 0 Å². The maximum atomic E-state index is 3.89. The number of rotatable bonds is 11. The van der Waals surface area contributed by atoms with Gasteiger partial charge in [0, 0.05) is 6.04 Å². The minimum Gasteiger partial charge on any atom is -0.314 e. The fraction of sp³-hybridized carbons (Fsp3) is 1.00. The van der Waals surface area contributed by atoms with Gasteiger partial charge in [0.25, 0.3) is 0 Å². The lowest BCUT2D eigenvalue weighted by atomic mass is 9.74. The summed E-state index contributed by atoms with van der Waals surface area (Å²) in [5.74, 6) is 2.68. The molecule has 0 aromatic carbocycles. The van der Waals surface area contributed by atoms with Crippen molar-refractivity contribution in [3.8, 4) is 0 Å². The summed E-state index contributed by atoms with van der Waals surface area (Å²) in [6.45, 7) is 10.8. The predicted molar refractivity (Wildman–Crippen MR) is 95.7 cm³/mol. The van der Waals surface area contributed by atoms with Crippen LogP contribution in [0.2, 0.25) is 0 Å².